The molecule has 1 aromatic carbocycles. The molecule has 4 aliphatic rings. The fourth-order valence-corrected chi connectivity index (χ4v) is 4.79. The van der Waals surface area contributed by atoms with Crippen LogP contribution >= 0.6 is 0 Å². The molecule has 4 heteroatoms. The third-order valence-electron chi connectivity index (χ3n) is 5.70. The molecule has 1 saturated carbocycles. The van der Waals surface area contributed by atoms with Gasteiger partial charge < -0.3 is 14.4 Å². The summed E-state index contributed by atoms with van der Waals surface area (Å²) in [5.41, 5.74) is -0.932. The van der Waals surface area contributed by atoms with Crippen LogP contribution in [-0.4, -0.2) is 43.4 Å². The Balaban J connectivity index is 1.92. The molecule has 2 aliphatic heterocycles. The lowest BCUT2D eigenvalue weighted by molar-refractivity contribution is -0.138. The summed E-state index contributed by atoms with van der Waals surface area (Å²) in [5, 5.41) is 0. The second-order valence-corrected chi connectivity index (χ2v) is 6.54. The number of hydrogen-bond donors (Lipinski definition) is 0. The number of ketones is 1. The average molecular weight is 307 g/mol. The van der Waals surface area contributed by atoms with Crippen molar-refractivity contribution >= 4 is 5.78 Å². The number of likely N-dealkylation sites (N-methyl/N-ethyl adjacent to an activating group) is 1. The lowest BCUT2D eigenvalue weighted by Crippen LogP contribution is -2.65. The molecule has 0 aromatic heterocycles. The zero-order valence-electron chi connectivity index (χ0n) is 20.2. The predicted molar refractivity (Wildman–Crippen MR) is 81.6 cm³/mol. The molecule has 22 heavy (non-hydrogen) atoms. The Labute approximate surface area is 141 Å². The maximum Gasteiger partial charge on any atom is 0.174 e. The highest BCUT2D eigenvalue weighted by Crippen LogP contribution is 2.62. The molecule has 1 saturated heterocycles. The normalized spacial score (nSPS) is 50.0. The van der Waals surface area contributed by atoms with Crippen LogP contribution in [0, 0.1) is 5.92 Å². The first-order chi connectivity index (χ1) is 13.8. The van der Waals surface area contributed by atoms with Gasteiger partial charge in [0.15, 0.2) is 23.4 Å². The monoisotopic (exact) mass is 307 g/mol. The number of benzene rings is 1. The maximum atomic E-state index is 12.9. The standard InChI is InChI=1S/C18H21NO3/c1-19-8-7-18-11-4-5-13(20)17(18)22-16-14(21-2)6-3-10(15(16)18)9-12(11)19/h3,6,11-12,17H,4-5,7-9H2,1-2H3/t11-,12+,17?,18-/m0/s1/i2D3,3D,6D,9D2,12D. The van der Waals surface area contributed by atoms with Crippen LogP contribution in [0.2, 0.25) is 0 Å². The number of hydrogen-bond acceptors (Lipinski definition) is 4. The molecule has 1 spiro atoms. The van der Waals surface area contributed by atoms with Crippen molar-refractivity contribution in [2.75, 3.05) is 20.6 Å². The molecule has 1 unspecified atom stereocenters. The van der Waals surface area contributed by atoms with Gasteiger partial charge in [0.25, 0.3) is 0 Å². The van der Waals surface area contributed by atoms with Gasteiger partial charge in [-0.1, -0.05) is 6.04 Å². The smallest absolute Gasteiger partial charge is 0.174 e. The van der Waals surface area contributed by atoms with E-state index in [1.807, 2.05) is 0 Å². The molecular weight excluding hydrogens is 278 g/mol. The van der Waals surface area contributed by atoms with Crippen LogP contribution in [0.1, 0.15) is 41.4 Å². The van der Waals surface area contributed by atoms with E-state index in [9.17, 15) is 6.17 Å². The van der Waals surface area contributed by atoms with Crippen LogP contribution in [-0.2, 0) is 16.6 Å². The number of ether oxygens (including phenoxy) is 2. The molecule has 0 radical (unpaired) electrons. The van der Waals surface area contributed by atoms with Crippen molar-refractivity contribution in [2.45, 2.75) is 43.2 Å². The largest absolute Gasteiger partial charge is 0.493 e. The molecule has 4 atom stereocenters. The Hall–Kier alpha value is -1.55. The van der Waals surface area contributed by atoms with E-state index in [4.69, 9.17) is 19.1 Å². The van der Waals surface area contributed by atoms with Crippen LogP contribution in [0.4, 0.5) is 0 Å². The second-order valence-electron chi connectivity index (χ2n) is 6.54. The van der Waals surface area contributed by atoms with E-state index in [1.54, 1.807) is 11.9 Å². The Morgan fingerprint density at radius 1 is 1.64 bits per heavy atom. The topological polar surface area (TPSA) is 38.8 Å². The van der Waals surface area contributed by atoms with Crippen molar-refractivity contribution < 1.29 is 25.2 Å². The summed E-state index contributed by atoms with van der Waals surface area (Å²) in [4.78, 5) is 14.5. The van der Waals surface area contributed by atoms with E-state index in [2.05, 4.69) is 0 Å². The van der Waals surface area contributed by atoms with Gasteiger partial charge in [-0.15, -0.1) is 0 Å². The molecule has 2 bridgehead atoms. The molecule has 2 fully saturated rings. The number of carbonyl (C=O) groups excluding carboxylic acids is 1. The van der Waals surface area contributed by atoms with E-state index in [0.29, 0.717) is 19.4 Å². The van der Waals surface area contributed by atoms with Crippen molar-refractivity contribution in [3.05, 3.63) is 23.2 Å². The first kappa shape index (κ1) is 7.35. The number of Topliss-reactive ketones (excluding diaryl/α,β-unsaturated/α-hetero) is 1. The Bertz CT molecular complexity index is 995. The first-order valence-corrected chi connectivity index (χ1v) is 7.56. The van der Waals surface area contributed by atoms with E-state index in [1.165, 1.54) is 0 Å². The number of rotatable bonds is 1. The maximum absolute atomic E-state index is 12.9. The summed E-state index contributed by atoms with van der Waals surface area (Å²) in [7, 11) is -1.24. The highest BCUT2D eigenvalue weighted by atomic mass is 16.5. The summed E-state index contributed by atoms with van der Waals surface area (Å²) in [6.07, 6.45) is -2.51. The molecule has 5 rings (SSSR count). The molecule has 0 N–H and O–H groups in total. The minimum absolute atomic E-state index is 0.122. The van der Waals surface area contributed by atoms with Crippen molar-refractivity contribution in [1.82, 2.24) is 4.90 Å². The van der Waals surface area contributed by atoms with Crippen molar-refractivity contribution in [1.29, 1.82) is 0 Å². The Morgan fingerprint density at radius 2 is 2.55 bits per heavy atom. The van der Waals surface area contributed by atoms with Crippen LogP contribution in [0.3, 0.4) is 0 Å². The zero-order chi connectivity index (χ0) is 22.0. The quantitative estimate of drug-likeness (QED) is 0.795. The number of likely N-dealkylation sites (tertiary alicyclic amines) is 1. The number of piperidine rings is 1. The lowest BCUT2D eigenvalue weighted by atomic mass is 9.52. The SMILES string of the molecule is [2H]c1c([2H])c2c3c(c1OC([2H])([2H])[2H])OC1C(=O)CC[C@@H]4[C@@]31CCN(C)[C@]4([2H])C2([2H])[2H]. The third kappa shape index (κ3) is 1.27. The fraction of sp³-hybridized carbons (Fsp3) is 0.611. The fourth-order valence-electron chi connectivity index (χ4n) is 4.79. The number of nitrogens with zero attached hydrogens (tertiary/aromatic N) is 1. The Morgan fingerprint density at radius 3 is 3.41 bits per heavy atom. The summed E-state index contributed by atoms with van der Waals surface area (Å²) in [5.74, 6) is -1.36. The molecule has 0 amide bonds. The summed E-state index contributed by atoms with van der Waals surface area (Å²) < 4.78 is 77.4. The van der Waals surface area contributed by atoms with E-state index in [-0.39, 0.29) is 29.1 Å². The summed E-state index contributed by atoms with van der Waals surface area (Å²) >= 11 is 0. The van der Waals surface area contributed by atoms with Gasteiger partial charge in [-0.05, 0) is 50.3 Å². The van der Waals surface area contributed by atoms with Crippen molar-refractivity contribution in [3.8, 4) is 11.5 Å². The predicted octanol–water partition coefficient (Wildman–Crippen LogP) is 1.93. The minimum Gasteiger partial charge on any atom is -0.493 e. The molecule has 2 aliphatic carbocycles. The first-order valence-electron chi connectivity index (χ1n) is 11.6. The van der Waals surface area contributed by atoms with Gasteiger partial charge in [0.2, 0.25) is 0 Å². The highest BCUT2D eigenvalue weighted by molar-refractivity contribution is 5.89. The van der Waals surface area contributed by atoms with Crippen molar-refractivity contribution in [3.63, 3.8) is 0 Å². The van der Waals surface area contributed by atoms with Gasteiger partial charge in [0, 0.05) is 27.5 Å². The zero-order valence-corrected chi connectivity index (χ0v) is 12.2. The van der Waals surface area contributed by atoms with Crippen LogP contribution < -0.4 is 9.47 Å². The van der Waals surface area contributed by atoms with Gasteiger partial charge in [0.1, 0.15) is 0 Å². The average Bonchev–Trinajstić information content (AvgIpc) is 2.97. The van der Waals surface area contributed by atoms with Gasteiger partial charge in [-0.3, -0.25) is 4.79 Å². The van der Waals surface area contributed by atoms with Gasteiger partial charge in [-0.25, -0.2) is 0 Å². The van der Waals surface area contributed by atoms with Crippen LogP contribution in [0.15, 0.2) is 12.1 Å². The number of methoxy groups -OCH3 is 1. The second kappa shape index (κ2) is 4.05. The van der Waals surface area contributed by atoms with Gasteiger partial charge in [-0.2, -0.15) is 0 Å². The van der Waals surface area contributed by atoms with E-state index in [0.717, 1.165) is 0 Å². The van der Waals surface area contributed by atoms with E-state index >= 15 is 0 Å². The summed E-state index contributed by atoms with van der Waals surface area (Å²) in [6.45, 7) is 0.344. The number of carbonyl (C=O) groups is 1. The third-order valence-corrected chi connectivity index (χ3v) is 5.70. The molecule has 2 heterocycles. The van der Waals surface area contributed by atoms with Gasteiger partial charge >= 0.3 is 0 Å². The van der Waals surface area contributed by atoms with E-state index < -0.39 is 54.7 Å². The highest BCUT2D eigenvalue weighted by Gasteiger charge is 2.65. The molecule has 4 nitrogen and oxygen atoms in total. The molecular formula is C18H21NO3. The van der Waals surface area contributed by atoms with Crippen LogP contribution in [0.25, 0.3) is 0 Å². The lowest BCUT2D eigenvalue weighted by Gasteiger charge is -2.57. The summed E-state index contributed by atoms with van der Waals surface area (Å²) in [6, 6.07) is -2.89. The minimum atomic E-state index is -2.91. The van der Waals surface area contributed by atoms with Crippen molar-refractivity contribution in [2.24, 2.45) is 5.92 Å². The Kier molecular flexibility index (Phi) is 1.35. The van der Waals surface area contributed by atoms with Gasteiger partial charge in [0.05, 0.1) is 13.9 Å². The molecule has 116 valence electrons. The molecule has 1 aromatic rings. The van der Waals surface area contributed by atoms with Crippen LogP contribution in [0.5, 0.6) is 11.5 Å².